The zero-order chi connectivity index (χ0) is 31.1. The van der Waals surface area contributed by atoms with Gasteiger partial charge < -0.3 is 34.9 Å². The van der Waals surface area contributed by atoms with Gasteiger partial charge >= 0.3 is 0 Å². The number of aryl methyl sites for hydroxylation is 1. The number of benzene rings is 1. The zero-order valence-electron chi connectivity index (χ0n) is 26.1. The number of hydrogen-bond acceptors (Lipinski definition) is 8. The molecule has 1 heterocycles. The van der Waals surface area contributed by atoms with Crippen molar-refractivity contribution in [2.24, 2.45) is 11.8 Å². The van der Waals surface area contributed by atoms with E-state index < -0.39 is 12.1 Å². The van der Waals surface area contributed by atoms with Gasteiger partial charge in [-0.2, -0.15) is 0 Å². The van der Waals surface area contributed by atoms with Crippen LogP contribution in [0.3, 0.4) is 0 Å². The maximum absolute atomic E-state index is 13.8. The quantitative estimate of drug-likeness (QED) is 0.353. The first-order valence-electron chi connectivity index (χ1n) is 15.1. The Kier molecular flexibility index (Phi) is 10.9. The Balaban J connectivity index is 1.78. The van der Waals surface area contributed by atoms with Gasteiger partial charge in [-0.1, -0.05) is 19.9 Å². The van der Waals surface area contributed by atoms with Gasteiger partial charge in [-0.3, -0.25) is 14.4 Å². The SMILES string of the molecule is COc1cc2c(c(OC)c1OC)-c1ccc(N[C@@H](CC(C)C)C(=O)NCC3CCOCC3)c(=O)cc1[C@@H](NC(C)=O)CC2. The van der Waals surface area contributed by atoms with Crippen LogP contribution in [0, 0.1) is 11.8 Å². The second-order valence-corrected chi connectivity index (χ2v) is 11.7. The van der Waals surface area contributed by atoms with E-state index in [9.17, 15) is 14.4 Å². The van der Waals surface area contributed by atoms with Crippen molar-refractivity contribution >= 4 is 17.5 Å². The molecule has 1 aliphatic heterocycles. The van der Waals surface area contributed by atoms with Crippen LogP contribution in [0.4, 0.5) is 5.69 Å². The molecule has 4 rings (SSSR count). The fourth-order valence-electron chi connectivity index (χ4n) is 6.04. The molecular weight excluding hydrogens is 550 g/mol. The number of hydrogen-bond donors (Lipinski definition) is 3. The first-order chi connectivity index (χ1) is 20.7. The van der Waals surface area contributed by atoms with Crippen molar-refractivity contribution in [1.82, 2.24) is 10.6 Å². The summed E-state index contributed by atoms with van der Waals surface area (Å²) in [7, 11) is 4.69. The van der Waals surface area contributed by atoms with E-state index in [0.29, 0.717) is 73.4 Å². The van der Waals surface area contributed by atoms with Crippen LogP contribution in [0.5, 0.6) is 17.2 Å². The predicted molar refractivity (Wildman–Crippen MR) is 166 cm³/mol. The van der Waals surface area contributed by atoms with Crippen molar-refractivity contribution in [3.05, 3.63) is 45.6 Å². The highest BCUT2D eigenvalue weighted by atomic mass is 16.5. The third-order valence-electron chi connectivity index (χ3n) is 8.18. The molecule has 1 saturated heterocycles. The Morgan fingerprint density at radius 2 is 1.72 bits per heavy atom. The average Bonchev–Trinajstić information content (AvgIpc) is 3.23. The van der Waals surface area contributed by atoms with Gasteiger partial charge in [0, 0.05) is 32.2 Å². The van der Waals surface area contributed by atoms with Crippen LogP contribution in [0.15, 0.2) is 29.1 Å². The minimum atomic E-state index is -0.591. The summed E-state index contributed by atoms with van der Waals surface area (Å²) in [6.07, 6.45) is 3.57. The number of ether oxygens (including phenoxy) is 4. The van der Waals surface area contributed by atoms with E-state index in [2.05, 4.69) is 29.8 Å². The third-order valence-corrected chi connectivity index (χ3v) is 8.18. The van der Waals surface area contributed by atoms with Crippen molar-refractivity contribution in [3.8, 4) is 28.4 Å². The van der Waals surface area contributed by atoms with Gasteiger partial charge in [0.1, 0.15) is 6.04 Å². The topological polar surface area (TPSA) is 124 Å². The lowest BCUT2D eigenvalue weighted by molar-refractivity contribution is -0.122. The Bertz CT molecular complexity index is 1370. The van der Waals surface area contributed by atoms with E-state index in [4.69, 9.17) is 18.9 Å². The van der Waals surface area contributed by atoms with Crippen LogP contribution in [0.25, 0.3) is 11.1 Å². The summed E-state index contributed by atoms with van der Waals surface area (Å²) in [5.74, 6) is 1.74. The molecule has 234 valence electrons. The summed E-state index contributed by atoms with van der Waals surface area (Å²) in [6.45, 7) is 7.58. The summed E-state index contributed by atoms with van der Waals surface area (Å²) < 4.78 is 22.6. The van der Waals surface area contributed by atoms with Gasteiger partial charge in [-0.25, -0.2) is 0 Å². The Morgan fingerprint density at radius 1 is 1.00 bits per heavy atom. The summed E-state index contributed by atoms with van der Waals surface area (Å²) in [5, 5.41) is 9.39. The van der Waals surface area contributed by atoms with Crippen LogP contribution >= 0.6 is 0 Å². The molecule has 10 nitrogen and oxygen atoms in total. The molecule has 2 aromatic carbocycles. The monoisotopic (exact) mass is 595 g/mol. The highest BCUT2D eigenvalue weighted by molar-refractivity contribution is 5.86. The molecule has 0 bridgehead atoms. The lowest BCUT2D eigenvalue weighted by atomic mass is 9.95. The second kappa shape index (κ2) is 14.6. The molecule has 3 N–H and O–H groups in total. The number of carbonyl (C=O) groups is 2. The molecule has 0 unspecified atom stereocenters. The first kappa shape index (κ1) is 32.1. The number of amides is 2. The van der Waals surface area contributed by atoms with Gasteiger partial charge in [0.2, 0.25) is 23.0 Å². The molecule has 2 amide bonds. The summed E-state index contributed by atoms with van der Waals surface area (Å²) in [4.78, 5) is 39.4. The van der Waals surface area contributed by atoms with E-state index >= 15 is 0 Å². The largest absolute Gasteiger partial charge is 0.493 e. The summed E-state index contributed by atoms with van der Waals surface area (Å²) >= 11 is 0. The highest BCUT2D eigenvalue weighted by Crippen LogP contribution is 2.50. The number of anilines is 1. The molecule has 0 saturated carbocycles. The van der Waals surface area contributed by atoms with Crippen LogP contribution < -0.4 is 35.6 Å². The van der Waals surface area contributed by atoms with Gasteiger partial charge in [-0.15, -0.1) is 0 Å². The Labute approximate surface area is 253 Å². The molecule has 0 spiro atoms. The van der Waals surface area contributed by atoms with Gasteiger partial charge in [0.15, 0.2) is 11.5 Å². The average molecular weight is 596 g/mol. The summed E-state index contributed by atoms with van der Waals surface area (Å²) in [5.41, 5.74) is 3.16. The fraction of sp³-hybridized carbons (Fsp3) is 0.545. The maximum atomic E-state index is 13.8. The fourth-order valence-corrected chi connectivity index (χ4v) is 6.04. The molecule has 1 aliphatic carbocycles. The Morgan fingerprint density at radius 3 is 2.35 bits per heavy atom. The van der Waals surface area contributed by atoms with E-state index in [1.807, 2.05) is 12.1 Å². The number of methoxy groups -OCH3 is 3. The first-order valence-corrected chi connectivity index (χ1v) is 15.1. The van der Waals surface area contributed by atoms with E-state index in [-0.39, 0.29) is 23.2 Å². The normalized spacial score (nSPS) is 17.1. The van der Waals surface area contributed by atoms with E-state index in [1.54, 1.807) is 33.5 Å². The van der Waals surface area contributed by atoms with Gasteiger partial charge in [0.25, 0.3) is 0 Å². The van der Waals surface area contributed by atoms with Gasteiger partial charge in [0.05, 0.1) is 33.1 Å². The molecule has 2 aromatic rings. The molecule has 2 aliphatic rings. The predicted octanol–water partition coefficient (Wildman–Crippen LogP) is 4.23. The van der Waals surface area contributed by atoms with Gasteiger partial charge in [-0.05, 0) is 78.8 Å². The molecular formula is C33H45N3O7. The maximum Gasteiger partial charge on any atom is 0.242 e. The van der Waals surface area contributed by atoms with Crippen LogP contribution in [-0.4, -0.2) is 58.9 Å². The molecule has 10 heteroatoms. The minimum absolute atomic E-state index is 0.132. The lowest BCUT2D eigenvalue weighted by Gasteiger charge is -2.25. The number of rotatable bonds is 11. The van der Waals surface area contributed by atoms with Crippen LogP contribution in [0.1, 0.15) is 63.6 Å². The van der Waals surface area contributed by atoms with E-state index in [1.165, 1.54) is 6.92 Å². The lowest BCUT2D eigenvalue weighted by Crippen LogP contribution is -2.43. The third kappa shape index (κ3) is 7.60. The van der Waals surface area contributed by atoms with Crippen LogP contribution in [0.2, 0.25) is 0 Å². The molecule has 43 heavy (non-hydrogen) atoms. The standard InChI is InChI=1S/C33H45N3O7/c1-19(2)15-27(33(39)34-18-21-11-13-43-14-12-21)36-26-10-8-23-24(17-28(26)38)25(35-20(3)37)9-7-22-16-29(40-4)31(41-5)32(42-6)30(22)23/h8,10,16-17,19,21,25,27H,7,9,11-15,18H2,1-6H3,(H,34,39)(H,35,37)(H,36,38)/t25-,27-/m0/s1. The Hall–Kier alpha value is -3.79. The summed E-state index contributed by atoms with van der Waals surface area (Å²) in [6, 6.07) is 6.06. The van der Waals surface area contributed by atoms with Crippen molar-refractivity contribution in [2.45, 2.75) is 65.0 Å². The smallest absolute Gasteiger partial charge is 0.242 e. The molecule has 2 atom stereocenters. The minimum Gasteiger partial charge on any atom is -0.493 e. The number of fused-ring (bicyclic) bond motifs is 3. The van der Waals surface area contributed by atoms with Crippen LogP contribution in [-0.2, 0) is 20.7 Å². The van der Waals surface area contributed by atoms with Crippen molar-refractivity contribution < 1.29 is 28.5 Å². The van der Waals surface area contributed by atoms with Crippen molar-refractivity contribution in [3.63, 3.8) is 0 Å². The number of nitrogens with one attached hydrogen (secondary N) is 3. The molecule has 1 fully saturated rings. The zero-order valence-corrected chi connectivity index (χ0v) is 26.1. The number of carbonyl (C=O) groups excluding carboxylic acids is 2. The van der Waals surface area contributed by atoms with Crippen molar-refractivity contribution in [1.29, 1.82) is 0 Å². The molecule has 0 aromatic heterocycles. The molecule has 0 radical (unpaired) electrons. The van der Waals surface area contributed by atoms with Crippen molar-refractivity contribution in [2.75, 3.05) is 46.4 Å². The second-order valence-electron chi connectivity index (χ2n) is 11.7. The van der Waals surface area contributed by atoms with E-state index in [0.717, 1.165) is 29.5 Å². The highest BCUT2D eigenvalue weighted by Gasteiger charge is 2.30.